The van der Waals surface area contributed by atoms with Crippen LogP contribution in [0.1, 0.15) is 41.6 Å². The average molecular weight is 267 g/mol. The first kappa shape index (κ1) is 14.1. The number of hydrogen-bond acceptors (Lipinski definition) is 4. The molecule has 0 saturated carbocycles. The van der Waals surface area contributed by atoms with Gasteiger partial charge in [0.25, 0.3) is 0 Å². The molecule has 106 valence electrons. The molecule has 1 aliphatic heterocycles. The molecule has 2 rings (SSSR count). The Hall–Kier alpha value is -1.33. The van der Waals surface area contributed by atoms with E-state index in [1.165, 1.54) is 0 Å². The molecular formula is C14H21NO4. The number of likely N-dealkylation sites (N-methyl/N-ethyl adjacent to an activating group) is 1. The van der Waals surface area contributed by atoms with Gasteiger partial charge in [-0.15, -0.1) is 0 Å². The van der Waals surface area contributed by atoms with E-state index in [0.29, 0.717) is 18.4 Å². The lowest BCUT2D eigenvalue weighted by Gasteiger charge is -2.23. The van der Waals surface area contributed by atoms with Crippen molar-refractivity contribution in [3.05, 3.63) is 23.2 Å². The smallest absolute Gasteiger partial charge is 0.371 e. The van der Waals surface area contributed by atoms with Crippen LogP contribution in [0.15, 0.2) is 10.5 Å². The van der Waals surface area contributed by atoms with E-state index in [1.807, 2.05) is 6.92 Å². The number of furan rings is 1. The molecule has 0 bridgehead atoms. The summed E-state index contributed by atoms with van der Waals surface area (Å²) in [5.74, 6) is -0.319. The Bertz CT molecular complexity index is 435. The van der Waals surface area contributed by atoms with Crippen LogP contribution in [0.3, 0.4) is 0 Å². The third-order valence-electron chi connectivity index (χ3n) is 3.56. The molecule has 0 radical (unpaired) electrons. The molecule has 2 heterocycles. The van der Waals surface area contributed by atoms with Crippen LogP contribution in [-0.4, -0.2) is 41.8 Å². The molecule has 1 aliphatic rings. The van der Waals surface area contributed by atoms with Crippen molar-refractivity contribution in [2.45, 2.75) is 39.3 Å². The Morgan fingerprint density at radius 1 is 1.58 bits per heavy atom. The van der Waals surface area contributed by atoms with Gasteiger partial charge in [-0.2, -0.15) is 0 Å². The van der Waals surface area contributed by atoms with Gasteiger partial charge in [-0.25, -0.2) is 4.79 Å². The van der Waals surface area contributed by atoms with E-state index in [-0.39, 0.29) is 5.76 Å². The normalized spacial score (nSPS) is 19.2. The highest BCUT2D eigenvalue weighted by Crippen LogP contribution is 2.19. The Morgan fingerprint density at radius 3 is 2.89 bits per heavy atom. The van der Waals surface area contributed by atoms with Crippen molar-refractivity contribution >= 4 is 5.97 Å². The summed E-state index contributed by atoms with van der Waals surface area (Å²) in [6.45, 7) is 7.27. The fraction of sp³-hybridized carbons (Fsp3) is 0.643. The van der Waals surface area contributed by atoms with Gasteiger partial charge in [0.15, 0.2) is 0 Å². The van der Waals surface area contributed by atoms with Crippen LogP contribution in [0.2, 0.25) is 0 Å². The molecule has 1 atom stereocenters. The van der Waals surface area contributed by atoms with Crippen molar-refractivity contribution < 1.29 is 19.1 Å². The number of carbonyl (C=O) groups is 1. The highest BCUT2D eigenvalue weighted by Gasteiger charge is 2.20. The van der Waals surface area contributed by atoms with Crippen molar-refractivity contribution in [3.63, 3.8) is 0 Å². The Labute approximate surface area is 113 Å². The Kier molecular flexibility index (Phi) is 4.61. The second kappa shape index (κ2) is 6.21. The zero-order valence-electron chi connectivity index (χ0n) is 11.5. The average Bonchev–Trinajstić information content (AvgIpc) is 2.99. The van der Waals surface area contributed by atoms with Gasteiger partial charge in [-0.05, 0) is 32.4 Å². The molecule has 0 amide bonds. The van der Waals surface area contributed by atoms with Crippen molar-refractivity contribution in [2.75, 3.05) is 19.7 Å². The predicted octanol–water partition coefficient (Wildman–Crippen LogP) is 2.29. The minimum atomic E-state index is -1.02. The van der Waals surface area contributed by atoms with E-state index in [4.69, 9.17) is 14.3 Å². The minimum absolute atomic E-state index is 0.0145. The summed E-state index contributed by atoms with van der Waals surface area (Å²) in [7, 11) is 0. The van der Waals surface area contributed by atoms with Crippen molar-refractivity contribution in [1.82, 2.24) is 4.90 Å². The van der Waals surface area contributed by atoms with Crippen LogP contribution in [0.5, 0.6) is 0 Å². The molecule has 5 nitrogen and oxygen atoms in total. The summed E-state index contributed by atoms with van der Waals surface area (Å²) in [6.07, 6.45) is 2.56. The third-order valence-corrected chi connectivity index (χ3v) is 3.56. The molecule has 0 aromatic carbocycles. The van der Waals surface area contributed by atoms with E-state index in [1.54, 1.807) is 6.07 Å². The van der Waals surface area contributed by atoms with E-state index < -0.39 is 5.97 Å². The molecular weight excluding hydrogens is 246 g/mol. The first-order valence-electron chi connectivity index (χ1n) is 6.76. The molecule has 19 heavy (non-hydrogen) atoms. The number of rotatable bonds is 6. The Balaban J connectivity index is 1.98. The van der Waals surface area contributed by atoms with Crippen LogP contribution in [0, 0.1) is 6.92 Å². The maximum atomic E-state index is 10.9. The van der Waals surface area contributed by atoms with Crippen LogP contribution in [0.4, 0.5) is 0 Å². The Morgan fingerprint density at radius 2 is 2.37 bits per heavy atom. The summed E-state index contributed by atoms with van der Waals surface area (Å²) in [6, 6.07) is 1.62. The van der Waals surface area contributed by atoms with E-state index in [0.717, 1.165) is 38.1 Å². The van der Waals surface area contributed by atoms with Crippen LogP contribution < -0.4 is 0 Å². The van der Waals surface area contributed by atoms with E-state index in [2.05, 4.69) is 11.8 Å². The van der Waals surface area contributed by atoms with Gasteiger partial charge < -0.3 is 14.3 Å². The van der Waals surface area contributed by atoms with Gasteiger partial charge in [0, 0.05) is 25.3 Å². The van der Waals surface area contributed by atoms with Gasteiger partial charge in [0.2, 0.25) is 5.76 Å². The van der Waals surface area contributed by atoms with Gasteiger partial charge in [-0.1, -0.05) is 6.92 Å². The van der Waals surface area contributed by atoms with E-state index >= 15 is 0 Å². The van der Waals surface area contributed by atoms with Gasteiger partial charge in [-0.3, -0.25) is 4.90 Å². The number of nitrogens with zero attached hydrogens (tertiary/aromatic N) is 1. The summed E-state index contributed by atoms with van der Waals surface area (Å²) in [5, 5.41) is 8.92. The fourth-order valence-electron chi connectivity index (χ4n) is 2.40. The molecule has 1 saturated heterocycles. The van der Waals surface area contributed by atoms with E-state index in [9.17, 15) is 4.79 Å². The number of carboxylic acids is 1. The van der Waals surface area contributed by atoms with Gasteiger partial charge in [0.05, 0.1) is 6.10 Å². The quantitative estimate of drug-likeness (QED) is 0.856. The largest absolute Gasteiger partial charge is 0.475 e. The SMILES string of the molecule is CCN(Cc1cc(C(=O)O)oc1C)CC1CCCO1. The molecule has 1 aromatic heterocycles. The number of ether oxygens (including phenoxy) is 1. The lowest BCUT2D eigenvalue weighted by molar-refractivity contribution is 0.0661. The number of carboxylic acid groups (broad SMARTS) is 1. The second-order valence-corrected chi connectivity index (χ2v) is 4.96. The first-order valence-corrected chi connectivity index (χ1v) is 6.76. The number of hydrogen-bond donors (Lipinski definition) is 1. The molecule has 5 heteroatoms. The number of aromatic carboxylic acids is 1. The minimum Gasteiger partial charge on any atom is -0.475 e. The zero-order chi connectivity index (χ0) is 13.8. The molecule has 0 aliphatic carbocycles. The summed E-state index contributed by atoms with van der Waals surface area (Å²) in [4.78, 5) is 13.1. The third kappa shape index (κ3) is 3.58. The highest BCUT2D eigenvalue weighted by molar-refractivity contribution is 5.84. The summed E-state index contributed by atoms with van der Waals surface area (Å²) in [5.41, 5.74) is 0.942. The van der Waals surface area contributed by atoms with Crippen LogP contribution in [-0.2, 0) is 11.3 Å². The second-order valence-electron chi connectivity index (χ2n) is 4.96. The summed E-state index contributed by atoms with van der Waals surface area (Å²) >= 11 is 0. The predicted molar refractivity (Wildman–Crippen MR) is 70.3 cm³/mol. The number of aryl methyl sites for hydroxylation is 1. The van der Waals surface area contributed by atoms with Gasteiger partial charge >= 0.3 is 5.97 Å². The zero-order valence-corrected chi connectivity index (χ0v) is 11.5. The van der Waals surface area contributed by atoms with Crippen molar-refractivity contribution in [3.8, 4) is 0 Å². The molecule has 1 fully saturated rings. The monoisotopic (exact) mass is 267 g/mol. The lowest BCUT2D eigenvalue weighted by atomic mass is 10.2. The molecule has 1 aromatic rings. The maximum absolute atomic E-state index is 10.9. The van der Waals surface area contributed by atoms with Crippen molar-refractivity contribution in [2.24, 2.45) is 0 Å². The van der Waals surface area contributed by atoms with Crippen LogP contribution in [0.25, 0.3) is 0 Å². The summed E-state index contributed by atoms with van der Waals surface area (Å²) < 4.78 is 10.9. The molecule has 0 spiro atoms. The standard InChI is InChI=1S/C14H21NO4/c1-3-15(9-12-5-4-6-18-12)8-11-7-13(14(16)17)19-10(11)2/h7,12H,3-6,8-9H2,1-2H3,(H,16,17). The topological polar surface area (TPSA) is 62.9 Å². The van der Waals surface area contributed by atoms with Crippen molar-refractivity contribution in [1.29, 1.82) is 0 Å². The highest BCUT2D eigenvalue weighted by atomic mass is 16.5. The van der Waals surface area contributed by atoms with Gasteiger partial charge in [0.1, 0.15) is 5.76 Å². The van der Waals surface area contributed by atoms with Crippen LogP contribution >= 0.6 is 0 Å². The first-order chi connectivity index (χ1) is 9.10. The lowest BCUT2D eigenvalue weighted by Crippen LogP contribution is -2.31. The fourth-order valence-corrected chi connectivity index (χ4v) is 2.40. The molecule has 1 N–H and O–H groups in total. The maximum Gasteiger partial charge on any atom is 0.371 e. The molecule has 1 unspecified atom stereocenters.